The Morgan fingerprint density at radius 2 is 1.58 bits per heavy atom. The molecule has 3 unspecified atom stereocenters. The molecule has 5 aliphatic heterocycles. The SMILES string of the molecule is COC(=O)C(NN1C(=O)CCC(N2C(=O)c3ccc(N4CCC(CN5CCC(c6ccc(Nc7nc(N8CCCCC8)nnc7C(N)=O)cc6)CC5)C4)cc3C2=O)C1=O)C(C)C. The molecule has 328 valence electrons. The molecule has 0 radical (unpaired) electrons. The molecular formula is C44H55N11O7. The van der Waals surface area contributed by atoms with Crippen molar-refractivity contribution in [2.45, 2.75) is 83.2 Å². The van der Waals surface area contributed by atoms with Crippen LogP contribution in [0, 0.1) is 11.8 Å². The van der Waals surface area contributed by atoms with E-state index >= 15 is 0 Å². The number of imide groups is 2. The first-order valence-electron chi connectivity index (χ1n) is 21.8. The highest BCUT2D eigenvalue weighted by Gasteiger charge is 2.48. The topological polar surface area (TPSA) is 217 Å². The lowest BCUT2D eigenvalue weighted by Gasteiger charge is -2.36. The molecule has 18 heteroatoms. The minimum absolute atomic E-state index is 0.00327. The number of methoxy groups -OCH3 is 1. The van der Waals surface area contributed by atoms with Gasteiger partial charge in [-0.1, -0.05) is 26.0 Å². The van der Waals surface area contributed by atoms with Gasteiger partial charge in [0, 0.05) is 50.5 Å². The second kappa shape index (κ2) is 18.1. The zero-order valence-corrected chi connectivity index (χ0v) is 35.5. The van der Waals surface area contributed by atoms with Crippen LogP contribution in [0.2, 0.25) is 0 Å². The maximum absolute atomic E-state index is 13.8. The number of carbonyl (C=O) groups is 6. The van der Waals surface area contributed by atoms with Crippen LogP contribution in [0.4, 0.5) is 23.1 Å². The summed E-state index contributed by atoms with van der Waals surface area (Å²) >= 11 is 0. The van der Waals surface area contributed by atoms with Gasteiger partial charge in [0.25, 0.3) is 23.6 Å². The normalized spacial score (nSPS) is 21.8. The van der Waals surface area contributed by atoms with Crippen molar-refractivity contribution >= 4 is 58.6 Å². The molecule has 3 atom stereocenters. The number of anilines is 4. The summed E-state index contributed by atoms with van der Waals surface area (Å²) in [5.74, 6) is -2.43. The zero-order chi connectivity index (χ0) is 43.7. The van der Waals surface area contributed by atoms with Crippen molar-refractivity contribution in [1.82, 2.24) is 35.4 Å². The van der Waals surface area contributed by atoms with Crippen LogP contribution in [0.25, 0.3) is 0 Å². The van der Waals surface area contributed by atoms with Crippen LogP contribution in [0.1, 0.15) is 108 Å². The maximum atomic E-state index is 13.8. The molecule has 1 aromatic heterocycles. The first-order chi connectivity index (χ1) is 29.9. The molecule has 0 spiro atoms. The molecule has 4 N–H and O–H groups in total. The number of nitrogens with two attached hydrogens (primary N) is 1. The van der Waals surface area contributed by atoms with Gasteiger partial charge in [-0.05, 0) is 112 Å². The number of ether oxygens (including phenoxy) is 1. The van der Waals surface area contributed by atoms with Crippen LogP contribution < -0.4 is 26.3 Å². The number of likely N-dealkylation sites (tertiary alicyclic amines) is 1. The summed E-state index contributed by atoms with van der Waals surface area (Å²) in [6.45, 7) is 9.78. The molecule has 4 saturated heterocycles. The van der Waals surface area contributed by atoms with Crippen molar-refractivity contribution in [2.75, 3.05) is 68.0 Å². The number of hydrogen-bond donors (Lipinski definition) is 3. The first kappa shape index (κ1) is 42.7. The van der Waals surface area contributed by atoms with Gasteiger partial charge < -0.3 is 30.5 Å². The summed E-state index contributed by atoms with van der Waals surface area (Å²) in [4.78, 5) is 90.9. The Morgan fingerprint density at radius 1 is 0.855 bits per heavy atom. The van der Waals surface area contributed by atoms with Crippen LogP contribution in [0.5, 0.6) is 0 Å². The average Bonchev–Trinajstić information content (AvgIpc) is 3.85. The third kappa shape index (κ3) is 8.70. The standard InChI is InChI=1S/C44H55N11O7/c1-26(2)36(43(61)62-3)50-55-35(56)14-13-34(42(55)60)54-40(58)32-12-11-31(23-33(32)41(54)59)53-22-15-27(25-53)24-51-20-16-29(17-21-51)28-7-9-30(10-8-28)46-39-37(38(45)57)48-49-44(47-39)52-18-5-4-6-19-52/h7-12,23,26-27,29,34,36,50H,4-6,13-22,24-25H2,1-3H3,(H2,45,57)(H,46,47,49). The first-order valence-corrected chi connectivity index (χ1v) is 21.8. The van der Waals surface area contributed by atoms with Crippen LogP contribution in [0.3, 0.4) is 0 Å². The molecule has 5 aliphatic rings. The van der Waals surface area contributed by atoms with Gasteiger partial charge in [0.1, 0.15) is 12.1 Å². The van der Waals surface area contributed by atoms with Crippen LogP contribution in [0.15, 0.2) is 42.5 Å². The third-order valence-electron chi connectivity index (χ3n) is 12.9. The Kier molecular flexibility index (Phi) is 12.5. The summed E-state index contributed by atoms with van der Waals surface area (Å²) in [7, 11) is 1.22. The van der Waals surface area contributed by atoms with Crippen LogP contribution in [-0.2, 0) is 19.1 Å². The number of aromatic nitrogens is 3. The molecule has 3 aromatic rings. The van der Waals surface area contributed by atoms with E-state index < -0.39 is 47.6 Å². The van der Waals surface area contributed by atoms with Gasteiger partial charge in [-0.15, -0.1) is 10.2 Å². The van der Waals surface area contributed by atoms with Gasteiger partial charge in [-0.2, -0.15) is 4.98 Å². The second-order valence-electron chi connectivity index (χ2n) is 17.3. The highest BCUT2D eigenvalue weighted by molar-refractivity contribution is 6.23. The molecule has 0 aliphatic carbocycles. The predicted octanol–water partition coefficient (Wildman–Crippen LogP) is 3.23. The van der Waals surface area contributed by atoms with E-state index in [1.807, 2.05) is 18.2 Å². The van der Waals surface area contributed by atoms with E-state index in [-0.39, 0.29) is 35.6 Å². The van der Waals surface area contributed by atoms with E-state index in [0.29, 0.717) is 23.6 Å². The molecular weight excluding hydrogens is 795 g/mol. The van der Waals surface area contributed by atoms with Gasteiger partial charge in [0.2, 0.25) is 11.9 Å². The van der Waals surface area contributed by atoms with Crippen molar-refractivity contribution < 1.29 is 33.5 Å². The number of piperidine rings is 3. The average molecular weight is 850 g/mol. The Balaban J connectivity index is 0.837. The fourth-order valence-corrected chi connectivity index (χ4v) is 9.41. The maximum Gasteiger partial charge on any atom is 0.324 e. The van der Waals surface area contributed by atoms with Crippen molar-refractivity contribution in [3.05, 3.63) is 64.8 Å². The third-order valence-corrected chi connectivity index (χ3v) is 12.9. The van der Waals surface area contributed by atoms with Crippen molar-refractivity contribution in [3.63, 3.8) is 0 Å². The smallest absolute Gasteiger partial charge is 0.324 e. The lowest BCUT2D eigenvalue weighted by atomic mass is 9.89. The van der Waals surface area contributed by atoms with E-state index in [1.54, 1.807) is 26.0 Å². The van der Waals surface area contributed by atoms with Gasteiger partial charge in [-0.25, -0.2) is 10.4 Å². The number of hydrogen-bond acceptors (Lipinski definition) is 15. The van der Waals surface area contributed by atoms with Crippen molar-refractivity contribution in [1.29, 1.82) is 0 Å². The van der Waals surface area contributed by atoms with Gasteiger partial charge in [0.15, 0.2) is 11.5 Å². The lowest BCUT2D eigenvalue weighted by Crippen LogP contribution is -2.63. The Labute approximate surface area is 360 Å². The van der Waals surface area contributed by atoms with E-state index in [9.17, 15) is 28.8 Å². The monoisotopic (exact) mass is 849 g/mol. The zero-order valence-electron chi connectivity index (χ0n) is 35.5. The molecule has 8 rings (SSSR count). The molecule has 18 nitrogen and oxygen atoms in total. The largest absolute Gasteiger partial charge is 0.468 e. The molecule has 0 saturated carbocycles. The minimum Gasteiger partial charge on any atom is -0.468 e. The van der Waals surface area contributed by atoms with Gasteiger partial charge in [-0.3, -0.25) is 33.7 Å². The molecule has 4 fully saturated rings. The number of nitrogens with zero attached hydrogens (tertiary/aromatic N) is 8. The van der Waals surface area contributed by atoms with E-state index in [4.69, 9.17) is 10.5 Å². The van der Waals surface area contributed by atoms with E-state index in [0.717, 1.165) is 99.2 Å². The van der Waals surface area contributed by atoms with Gasteiger partial charge >= 0.3 is 5.97 Å². The van der Waals surface area contributed by atoms with Crippen molar-refractivity contribution in [2.24, 2.45) is 17.6 Å². The Morgan fingerprint density at radius 3 is 2.27 bits per heavy atom. The summed E-state index contributed by atoms with van der Waals surface area (Å²) in [6.07, 6.45) is 6.29. The fraction of sp³-hybridized carbons (Fsp3) is 0.523. The lowest BCUT2D eigenvalue weighted by molar-refractivity contribution is -0.160. The summed E-state index contributed by atoms with van der Waals surface area (Å²) in [5.41, 5.74) is 11.7. The van der Waals surface area contributed by atoms with Gasteiger partial charge in [0.05, 0.1) is 18.2 Å². The molecule has 2 aromatic carbocycles. The predicted molar refractivity (Wildman–Crippen MR) is 228 cm³/mol. The highest BCUT2D eigenvalue weighted by atomic mass is 16.5. The summed E-state index contributed by atoms with van der Waals surface area (Å²) in [5, 5.41) is 12.3. The summed E-state index contributed by atoms with van der Waals surface area (Å²) in [6, 6.07) is 11.4. The number of esters is 1. The Bertz CT molecular complexity index is 2220. The number of primary amides is 1. The Hall–Kier alpha value is -6.01. The number of fused-ring (bicyclic) bond motifs is 1. The summed E-state index contributed by atoms with van der Waals surface area (Å²) < 4.78 is 4.85. The number of carbonyl (C=O) groups excluding carboxylic acids is 6. The molecule has 62 heavy (non-hydrogen) atoms. The number of nitrogens with one attached hydrogen (secondary N) is 2. The number of benzene rings is 2. The van der Waals surface area contributed by atoms with Crippen molar-refractivity contribution in [3.8, 4) is 0 Å². The quantitative estimate of drug-likeness (QED) is 0.166. The number of rotatable bonds is 13. The minimum atomic E-state index is -1.19. The van der Waals surface area contributed by atoms with E-state index in [1.165, 1.54) is 19.1 Å². The molecule has 0 bridgehead atoms. The van der Waals surface area contributed by atoms with Crippen LogP contribution >= 0.6 is 0 Å². The molecule has 6 heterocycles. The highest BCUT2D eigenvalue weighted by Crippen LogP contribution is 2.35. The molecule has 5 amide bonds. The van der Waals surface area contributed by atoms with E-state index in [2.05, 4.69) is 52.8 Å². The number of hydrazine groups is 1. The fourth-order valence-electron chi connectivity index (χ4n) is 9.41. The number of amides is 5. The second-order valence-corrected chi connectivity index (χ2v) is 17.3. The van der Waals surface area contributed by atoms with Crippen LogP contribution in [-0.4, -0.2) is 131 Å².